The quantitative estimate of drug-likeness (QED) is 0.896. The van der Waals surface area contributed by atoms with Crippen molar-refractivity contribution in [2.45, 2.75) is 37.8 Å². The van der Waals surface area contributed by atoms with Crippen molar-refractivity contribution >= 4 is 31.9 Å². The van der Waals surface area contributed by atoms with Gasteiger partial charge in [-0.2, -0.15) is 5.26 Å². The summed E-state index contributed by atoms with van der Waals surface area (Å²) < 4.78 is 1.77. The first-order valence-electron chi connectivity index (χ1n) is 5.67. The van der Waals surface area contributed by atoms with Crippen molar-refractivity contribution in [3.8, 4) is 6.07 Å². The van der Waals surface area contributed by atoms with E-state index < -0.39 is 0 Å². The van der Waals surface area contributed by atoms with Gasteiger partial charge in [0.2, 0.25) is 0 Å². The van der Waals surface area contributed by atoms with E-state index in [1.807, 2.05) is 6.07 Å². The lowest BCUT2D eigenvalue weighted by Gasteiger charge is -2.17. The summed E-state index contributed by atoms with van der Waals surface area (Å²) in [6.45, 7) is 0. The molecule has 5 heteroatoms. The zero-order valence-electron chi connectivity index (χ0n) is 9.29. The molecule has 3 nitrogen and oxygen atoms in total. The second kappa shape index (κ2) is 5.94. The number of nitrogens with zero attached hydrogens (tertiary/aromatic N) is 2. The number of nitriles is 1. The Morgan fingerprint density at radius 3 is 2.71 bits per heavy atom. The number of hydrogen-bond acceptors (Lipinski definition) is 3. The fourth-order valence-electron chi connectivity index (χ4n) is 2.14. The molecule has 0 amide bonds. The molecule has 1 unspecified atom stereocenters. The summed E-state index contributed by atoms with van der Waals surface area (Å²) in [6.07, 6.45) is 6.55. The third-order valence-corrected chi connectivity index (χ3v) is 4.07. The molecule has 1 aromatic rings. The molecular weight excluding hydrogens is 346 g/mol. The number of hydrogen-bond donors (Lipinski definition) is 1. The number of pyridine rings is 1. The van der Waals surface area contributed by atoms with Gasteiger partial charge in [0, 0.05) is 21.2 Å². The summed E-state index contributed by atoms with van der Waals surface area (Å²) in [7, 11) is 0. The molecule has 1 fully saturated rings. The van der Waals surface area contributed by atoms with E-state index in [4.69, 9.17) is 0 Å². The normalized spacial score (nSPS) is 17.9. The van der Waals surface area contributed by atoms with Crippen molar-refractivity contribution < 1.29 is 0 Å². The second-order valence-electron chi connectivity index (χ2n) is 4.23. The van der Waals surface area contributed by atoms with Crippen LogP contribution in [0.1, 0.15) is 37.4 Å². The van der Waals surface area contributed by atoms with Gasteiger partial charge in [-0.05, 0) is 50.8 Å². The molecule has 1 atom stereocenters. The first-order chi connectivity index (χ1) is 8.20. The first kappa shape index (κ1) is 13.0. The molecule has 0 spiro atoms. The highest BCUT2D eigenvalue weighted by atomic mass is 79.9. The third-order valence-electron chi connectivity index (χ3n) is 3.00. The van der Waals surface area contributed by atoms with Crippen LogP contribution in [0.25, 0.3) is 0 Å². The van der Waals surface area contributed by atoms with Crippen LogP contribution in [0.4, 0.5) is 0 Å². The Morgan fingerprint density at radius 2 is 2.12 bits per heavy atom. The topological polar surface area (TPSA) is 48.7 Å². The molecule has 0 aromatic carbocycles. The molecular formula is C12H13Br2N3. The zero-order valence-corrected chi connectivity index (χ0v) is 12.5. The predicted octanol–water partition coefficient (Wildman–Crippen LogP) is 3.70. The van der Waals surface area contributed by atoms with Crippen LogP contribution in [0.5, 0.6) is 0 Å². The van der Waals surface area contributed by atoms with Crippen molar-refractivity contribution in [1.29, 1.82) is 5.26 Å². The van der Waals surface area contributed by atoms with Gasteiger partial charge in [-0.1, -0.05) is 12.8 Å². The van der Waals surface area contributed by atoms with E-state index in [-0.39, 0.29) is 6.04 Å². The van der Waals surface area contributed by atoms with E-state index in [1.54, 1.807) is 6.20 Å². The Balaban J connectivity index is 2.14. The van der Waals surface area contributed by atoms with E-state index in [1.165, 1.54) is 12.8 Å². The standard InChI is InChI=1S/C12H13Br2N3/c13-8-5-10(14)12(16-7-8)11(6-15)17-9-3-1-2-4-9/h5,7,9,11,17H,1-4H2. The Morgan fingerprint density at radius 1 is 1.41 bits per heavy atom. The van der Waals surface area contributed by atoms with Gasteiger partial charge in [0.25, 0.3) is 0 Å². The molecule has 1 heterocycles. The largest absolute Gasteiger partial charge is 0.294 e. The van der Waals surface area contributed by atoms with Gasteiger partial charge in [-0.15, -0.1) is 0 Å². The van der Waals surface area contributed by atoms with Crippen LogP contribution in [0.2, 0.25) is 0 Å². The summed E-state index contributed by atoms with van der Waals surface area (Å²) in [5, 5.41) is 12.6. The van der Waals surface area contributed by atoms with E-state index in [2.05, 4.69) is 48.2 Å². The van der Waals surface area contributed by atoms with Gasteiger partial charge in [-0.25, -0.2) is 0 Å². The van der Waals surface area contributed by atoms with Gasteiger partial charge in [0.15, 0.2) is 0 Å². The van der Waals surface area contributed by atoms with Crippen LogP contribution in [-0.4, -0.2) is 11.0 Å². The molecule has 0 bridgehead atoms. The molecule has 1 aromatic heterocycles. The molecule has 2 rings (SSSR count). The summed E-state index contributed by atoms with van der Waals surface area (Å²) >= 11 is 6.81. The SMILES string of the molecule is N#CC(NC1CCCC1)c1ncc(Br)cc1Br. The molecule has 1 aliphatic carbocycles. The van der Waals surface area contributed by atoms with Gasteiger partial charge >= 0.3 is 0 Å². The van der Waals surface area contributed by atoms with Crippen LogP contribution in [0.3, 0.4) is 0 Å². The number of rotatable bonds is 3. The third kappa shape index (κ3) is 3.27. The highest BCUT2D eigenvalue weighted by Gasteiger charge is 2.22. The monoisotopic (exact) mass is 357 g/mol. The minimum absolute atomic E-state index is 0.333. The van der Waals surface area contributed by atoms with Gasteiger partial charge in [0.05, 0.1) is 11.8 Å². The average Bonchev–Trinajstić information content (AvgIpc) is 2.79. The maximum Gasteiger partial charge on any atom is 0.139 e. The number of halogens is 2. The van der Waals surface area contributed by atoms with Gasteiger partial charge in [0.1, 0.15) is 6.04 Å². The van der Waals surface area contributed by atoms with E-state index in [0.29, 0.717) is 6.04 Å². The van der Waals surface area contributed by atoms with Crippen molar-refractivity contribution in [3.05, 3.63) is 26.9 Å². The molecule has 1 saturated carbocycles. The van der Waals surface area contributed by atoms with Crippen LogP contribution in [-0.2, 0) is 0 Å². The Hall–Kier alpha value is -0.440. The maximum absolute atomic E-state index is 9.25. The minimum atomic E-state index is -0.333. The molecule has 1 aliphatic rings. The van der Waals surface area contributed by atoms with Crippen LogP contribution in [0.15, 0.2) is 21.2 Å². The molecule has 0 aliphatic heterocycles. The summed E-state index contributed by atoms with van der Waals surface area (Å²) in [5.74, 6) is 0. The van der Waals surface area contributed by atoms with E-state index >= 15 is 0 Å². The Bertz CT molecular complexity index is 436. The van der Waals surface area contributed by atoms with Crippen LogP contribution in [0, 0.1) is 11.3 Å². The van der Waals surface area contributed by atoms with Crippen molar-refractivity contribution in [1.82, 2.24) is 10.3 Å². The lowest BCUT2D eigenvalue weighted by atomic mass is 10.1. The summed E-state index contributed by atoms with van der Waals surface area (Å²) in [4.78, 5) is 4.31. The van der Waals surface area contributed by atoms with Gasteiger partial charge < -0.3 is 0 Å². The lowest BCUT2D eigenvalue weighted by Crippen LogP contribution is -2.30. The minimum Gasteiger partial charge on any atom is -0.294 e. The van der Waals surface area contributed by atoms with E-state index in [0.717, 1.165) is 27.5 Å². The summed E-state index contributed by atoms with van der Waals surface area (Å²) in [5.41, 5.74) is 0.766. The summed E-state index contributed by atoms with van der Waals surface area (Å²) in [6, 6.07) is 4.33. The van der Waals surface area contributed by atoms with Crippen LogP contribution < -0.4 is 5.32 Å². The number of aromatic nitrogens is 1. The average molecular weight is 359 g/mol. The molecule has 0 saturated heterocycles. The second-order valence-corrected chi connectivity index (χ2v) is 6.00. The van der Waals surface area contributed by atoms with Crippen molar-refractivity contribution in [2.75, 3.05) is 0 Å². The fourth-order valence-corrected chi connectivity index (χ4v) is 3.36. The Labute approximate surface area is 118 Å². The molecule has 90 valence electrons. The van der Waals surface area contributed by atoms with Crippen molar-refractivity contribution in [2.24, 2.45) is 0 Å². The molecule has 1 N–H and O–H groups in total. The Kier molecular flexibility index (Phi) is 4.55. The fraction of sp³-hybridized carbons (Fsp3) is 0.500. The first-order valence-corrected chi connectivity index (χ1v) is 7.26. The van der Waals surface area contributed by atoms with E-state index in [9.17, 15) is 5.26 Å². The number of nitrogens with one attached hydrogen (secondary N) is 1. The highest BCUT2D eigenvalue weighted by Crippen LogP contribution is 2.26. The van der Waals surface area contributed by atoms with Crippen molar-refractivity contribution in [3.63, 3.8) is 0 Å². The smallest absolute Gasteiger partial charge is 0.139 e. The maximum atomic E-state index is 9.25. The lowest BCUT2D eigenvalue weighted by molar-refractivity contribution is 0.485. The molecule has 0 radical (unpaired) electrons. The van der Waals surface area contributed by atoms with Gasteiger partial charge in [-0.3, -0.25) is 10.3 Å². The predicted molar refractivity (Wildman–Crippen MR) is 73.4 cm³/mol. The highest BCUT2D eigenvalue weighted by molar-refractivity contribution is 9.11. The molecule has 17 heavy (non-hydrogen) atoms. The zero-order chi connectivity index (χ0) is 12.3. The van der Waals surface area contributed by atoms with Crippen LogP contribution >= 0.6 is 31.9 Å².